The largest absolute Gasteiger partial charge is 0.508 e. The molecule has 5 rings (SSSR count). The Morgan fingerprint density at radius 3 is 2.63 bits per heavy atom. The summed E-state index contributed by atoms with van der Waals surface area (Å²) in [6.45, 7) is 4.09. The number of hydrogen-bond acceptors (Lipinski definition) is 5. The Hall–Kier alpha value is -3.73. The number of aromatic nitrogens is 2. The number of rotatable bonds is 3. The summed E-state index contributed by atoms with van der Waals surface area (Å²) in [5.74, 6) is 1.20. The van der Waals surface area contributed by atoms with E-state index in [2.05, 4.69) is 53.4 Å². The maximum absolute atomic E-state index is 9.60. The van der Waals surface area contributed by atoms with E-state index < -0.39 is 0 Å². The zero-order valence-electron chi connectivity index (χ0n) is 16.9. The standard InChI is InChI=1S/C25H22N4O/c1-16-11-13-29-23(14-16)28-24(21-5-3-4-17(2)27-21)25(29)19-10-12-26-22(15-19)18-6-8-20(30)9-7-18/h3-15,24-25,30H,1-2H3. The smallest absolute Gasteiger partial charge is 0.129 e. The lowest BCUT2D eigenvalue weighted by Gasteiger charge is -2.29. The Kier molecular flexibility index (Phi) is 4.43. The number of fused-ring (bicyclic) bond motifs is 1. The van der Waals surface area contributed by atoms with Gasteiger partial charge in [-0.2, -0.15) is 0 Å². The number of nitrogens with zero attached hydrogens (tertiary/aromatic N) is 4. The molecule has 148 valence electrons. The van der Waals surface area contributed by atoms with Gasteiger partial charge in [-0.3, -0.25) is 15.0 Å². The van der Waals surface area contributed by atoms with Gasteiger partial charge in [0, 0.05) is 23.7 Å². The van der Waals surface area contributed by atoms with Crippen molar-refractivity contribution in [3.8, 4) is 17.0 Å². The molecule has 2 aliphatic rings. The molecule has 1 N–H and O–H groups in total. The summed E-state index contributed by atoms with van der Waals surface area (Å²) in [6.07, 6.45) is 8.17. The molecule has 5 heteroatoms. The van der Waals surface area contributed by atoms with Crippen LogP contribution in [-0.4, -0.2) is 25.8 Å². The average molecular weight is 394 g/mol. The van der Waals surface area contributed by atoms with E-state index in [-0.39, 0.29) is 17.8 Å². The van der Waals surface area contributed by atoms with Crippen molar-refractivity contribution in [2.45, 2.75) is 25.9 Å². The second-order valence-electron chi connectivity index (χ2n) is 7.71. The molecule has 0 amide bonds. The van der Waals surface area contributed by atoms with Gasteiger partial charge in [-0.25, -0.2) is 0 Å². The van der Waals surface area contributed by atoms with Crippen molar-refractivity contribution in [1.82, 2.24) is 14.9 Å². The Morgan fingerprint density at radius 1 is 1.00 bits per heavy atom. The minimum absolute atomic E-state index is 0.00577. The Balaban J connectivity index is 1.60. The van der Waals surface area contributed by atoms with Gasteiger partial charge >= 0.3 is 0 Å². The van der Waals surface area contributed by atoms with E-state index in [1.807, 2.05) is 37.4 Å². The van der Waals surface area contributed by atoms with Gasteiger partial charge in [-0.05, 0) is 85.7 Å². The van der Waals surface area contributed by atoms with E-state index in [4.69, 9.17) is 9.98 Å². The molecule has 2 aromatic heterocycles. The molecule has 2 atom stereocenters. The van der Waals surface area contributed by atoms with Crippen LogP contribution in [0.4, 0.5) is 0 Å². The molecule has 5 nitrogen and oxygen atoms in total. The molecule has 1 aromatic carbocycles. The van der Waals surface area contributed by atoms with E-state index >= 15 is 0 Å². The quantitative estimate of drug-likeness (QED) is 0.669. The van der Waals surface area contributed by atoms with Crippen LogP contribution in [0.25, 0.3) is 11.3 Å². The Bertz CT molecular complexity index is 1190. The number of aryl methyl sites for hydroxylation is 1. The molecule has 0 radical (unpaired) electrons. The summed E-state index contributed by atoms with van der Waals surface area (Å²) in [6, 6.07) is 17.3. The van der Waals surface area contributed by atoms with Gasteiger partial charge in [-0.1, -0.05) is 6.07 Å². The number of aromatic hydroxyl groups is 1. The highest BCUT2D eigenvalue weighted by molar-refractivity contribution is 5.97. The third kappa shape index (κ3) is 3.28. The molecule has 0 saturated heterocycles. The summed E-state index contributed by atoms with van der Waals surface area (Å²) in [5, 5.41) is 9.60. The third-order valence-electron chi connectivity index (χ3n) is 5.49. The number of phenols is 1. The van der Waals surface area contributed by atoms with Crippen molar-refractivity contribution in [3.63, 3.8) is 0 Å². The highest BCUT2D eigenvalue weighted by atomic mass is 16.3. The zero-order chi connectivity index (χ0) is 20.7. The molecule has 2 unspecified atom stereocenters. The molecule has 0 bridgehead atoms. The zero-order valence-corrected chi connectivity index (χ0v) is 16.9. The Labute approximate surface area is 175 Å². The maximum atomic E-state index is 9.60. The molecule has 0 saturated carbocycles. The molecule has 0 fully saturated rings. The van der Waals surface area contributed by atoms with Crippen LogP contribution in [0, 0.1) is 6.92 Å². The first-order valence-electron chi connectivity index (χ1n) is 10.00. The SMILES string of the molecule is CC1=CC2=NC(c3cccc(C)n3)C(c3ccnc(-c4ccc(O)cc4)c3)N2C=C1. The lowest BCUT2D eigenvalue weighted by molar-refractivity contribution is 0.390. The highest BCUT2D eigenvalue weighted by Gasteiger charge is 2.38. The van der Waals surface area contributed by atoms with E-state index in [9.17, 15) is 5.11 Å². The predicted octanol–water partition coefficient (Wildman–Crippen LogP) is 5.13. The number of allylic oxidation sites excluding steroid dienone is 2. The predicted molar refractivity (Wildman–Crippen MR) is 118 cm³/mol. The van der Waals surface area contributed by atoms with Gasteiger partial charge in [-0.15, -0.1) is 0 Å². The Morgan fingerprint density at radius 2 is 1.83 bits per heavy atom. The normalized spacial score (nSPS) is 20.0. The minimum Gasteiger partial charge on any atom is -0.508 e. The average Bonchev–Trinajstić information content (AvgIpc) is 3.13. The van der Waals surface area contributed by atoms with Crippen LogP contribution < -0.4 is 0 Å². The van der Waals surface area contributed by atoms with Crippen LogP contribution in [0.2, 0.25) is 0 Å². The van der Waals surface area contributed by atoms with Crippen molar-refractivity contribution in [2.75, 3.05) is 0 Å². The monoisotopic (exact) mass is 394 g/mol. The highest BCUT2D eigenvalue weighted by Crippen LogP contribution is 2.43. The second kappa shape index (κ2) is 7.26. The van der Waals surface area contributed by atoms with Gasteiger partial charge in [0.1, 0.15) is 17.6 Å². The molecule has 4 heterocycles. The number of aliphatic imine (C=N–C) groups is 1. The fraction of sp³-hybridized carbons (Fsp3) is 0.160. The van der Waals surface area contributed by atoms with E-state index in [1.165, 1.54) is 5.57 Å². The summed E-state index contributed by atoms with van der Waals surface area (Å²) < 4.78 is 0. The summed E-state index contributed by atoms with van der Waals surface area (Å²) >= 11 is 0. The first-order valence-corrected chi connectivity index (χ1v) is 10.00. The lowest BCUT2D eigenvalue weighted by atomic mass is 9.95. The van der Waals surface area contributed by atoms with Gasteiger partial charge < -0.3 is 10.0 Å². The molecule has 0 aliphatic carbocycles. The van der Waals surface area contributed by atoms with Crippen LogP contribution >= 0.6 is 0 Å². The fourth-order valence-electron chi connectivity index (χ4n) is 4.03. The fourth-order valence-corrected chi connectivity index (χ4v) is 4.03. The van der Waals surface area contributed by atoms with Crippen molar-refractivity contribution in [1.29, 1.82) is 0 Å². The number of phenolic OH excluding ortho intramolecular Hbond substituents is 1. The third-order valence-corrected chi connectivity index (χ3v) is 5.49. The van der Waals surface area contributed by atoms with Crippen molar-refractivity contribution >= 4 is 5.84 Å². The van der Waals surface area contributed by atoms with Gasteiger partial charge in [0.15, 0.2) is 0 Å². The number of pyridine rings is 2. The van der Waals surface area contributed by atoms with E-state index in [1.54, 1.807) is 12.1 Å². The maximum Gasteiger partial charge on any atom is 0.129 e. The van der Waals surface area contributed by atoms with Crippen molar-refractivity contribution in [3.05, 3.63) is 102 Å². The van der Waals surface area contributed by atoms with Crippen molar-refractivity contribution in [2.24, 2.45) is 4.99 Å². The van der Waals surface area contributed by atoms with Gasteiger partial charge in [0.05, 0.1) is 17.4 Å². The summed E-state index contributed by atoms with van der Waals surface area (Å²) in [5.41, 5.74) is 6.08. The van der Waals surface area contributed by atoms with Crippen molar-refractivity contribution < 1.29 is 5.11 Å². The van der Waals surface area contributed by atoms with Gasteiger partial charge in [0.2, 0.25) is 0 Å². The topological polar surface area (TPSA) is 61.6 Å². The molecule has 3 aromatic rings. The van der Waals surface area contributed by atoms with Crippen LogP contribution in [0.1, 0.15) is 36.0 Å². The van der Waals surface area contributed by atoms with Crippen LogP contribution in [0.5, 0.6) is 5.75 Å². The van der Waals surface area contributed by atoms with E-state index in [0.717, 1.165) is 34.0 Å². The van der Waals surface area contributed by atoms with E-state index in [0.29, 0.717) is 0 Å². The molecular formula is C25H22N4O. The second-order valence-corrected chi connectivity index (χ2v) is 7.71. The first-order chi connectivity index (χ1) is 14.6. The van der Waals surface area contributed by atoms with Crippen LogP contribution in [0.15, 0.2) is 89.7 Å². The van der Waals surface area contributed by atoms with Gasteiger partial charge in [0.25, 0.3) is 0 Å². The molecule has 30 heavy (non-hydrogen) atoms. The summed E-state index contributed by atoms with van der Waals surface area (Å²) in [4.78, 5) is 16.6. The van der Waals surface area contributed by atoms with Crippen LogP contribution in [-0.2, 0) is 0 Å². The number of hydrogen-bond donors (Lipinski definition) is 1. The van der Waals surface area contributed by atoms with Crippen LogP contribution in [0.3, 0.4) is 0 Å². The summed E-state index contributed by atoms with van der Waals surface area (Å²) in [7, 11) is 0. The number of benzene rings is 1. The number of amidine groups is 1. The lowest BCUT2D eigenvalue weighted by Crippen LogP contribution is -2.27. The molecule has 0 spiro atoms. The first kappa shape index (κ1) is 18.3. The minimum atomic E-state index is -0.109. The molecule has 2 aliphatic heterocycles. The molecular weight excluding hydrogens is 372 g/mol.